The number of nitrogens with one attached hydrogen (secondary N) is 1. The molecule has 0 atom stereocenters. The molecule has 1 aromatic carbocycles. The van der Waals surface area contributed by atoms with Crippen molar-refractivity contribution in [3.8, 4) is 5.75 Å². The lowest BCUT2D eigenvalue weighted by atomic mass is 10.3. The van der Waals surface area contributed by atoms with E-state index in [9.17, 15) is 0 Å². The first kappa shape index (κ1) is 10.9. The van der Waals surface area contributed by atoms with Crippen molar-refractivity contribution in [2.45, 2.75) is 0 Å². The molecular formula is C12H10N4OS. The monoisotopic (exact) mass is 258 g/mol. The number of anilines is 2. The van der Waals surface area contributed by atoms with E-state index in [0.717, 1.165) is 26.8 Å². The van der Waals surface area contributed by atoms with Gasteiger partial charge in [-0.2, -0.15) is 0 Å². The molecule has 0 aliphatic heterocycles. The lowest BCUT2D eigenvalue weighted by molar-refractivity contribution is 0.415. The topological polar surface area (TPSA) is 59.9 Å². The minimum atomic E-state index is 0.813. The summed E-state index contributed by atoms with van der Waals surface area (Å²) in [6, 6.07) is 5.81. The molecule has 0 radical (unpaired) electrons. The Kier molecular flexibility index (Phi) is 2.77. The molecule has 0 unspecified atom stereocenters. The van der Waals surface area contributed by atoms with Gasteiger partial charge in [0.1, 0.15) is 12.1 Å². The van der Waals surface area contributed by atoms with E-state index in [1.807, 2.05) is 18.2 Å². The summed E-state index contributed by atoms with van der Waals surface area (Å²) in [5, 5.41) is 3.99. The molecule has 3 rings (SSSR count). The third kappa shape index (κ3) is 2.10. The zero-order chi connectivity index (χ0) is 12.4. The Morgan fingerprint density at radius 1 is 1.22 bits per heavy atom. The van der Waals surface area contributed by atoms with E-state index in [4.69, 9.17) is 4.74 Å². The van der Waals surface area contributed by atoms with Gasteiger partial charge in [0.2, 0.25) is 0 Å². The van der Waals surface area contributed by atoms with Crippen LogP contribution in [0.5, 0.6) is 5.75 Å². The molecule has 18 heavy (non-hydrogen) atoms. The first-order valence-electron chi connectivity index (χ1n) is 5.32. The molecule has 1 N–H and O–H groups in total. The number of thiazole rings is 1. The van der Waals surface area contributed by atoms with Gasteiger partial charge >= 0.3 is 0 Å². The van der Waals surface area contributed by atoms with Gasteiger partial charge in [-0.1, -0.05) is 11.3 Å². The van der Waals surface area contributed by atoms with Crippen LogP contribution >= 0.6 is 11.3 Å². The van der Waals surface area contributed by atoms with Crippen molar-refractivity contribution in [3.63, 3.8) is 0 Å². The number of rotatable bonds is 3. The molecule has 0 amide bonds. The third-order valence-electron chi connectivity index (χ3n) is 2.41. The normalized spacial score (nSPS) is 10.5. The van der Waals surface area contributed by atoms with Gasteiger partial charge in [0.05, 0.1) is 35.4 Å². The summed E-state index contributed by atoms with van der Waals surface area (Å²) < 4.78 is 6.27. The zero-order valence-electron chi connectivity index (χ0n) is 9.62. The van der Waals surface area contributed by atoms with Crippen LogP contribution in [0.2, 0.25) is 0 Å². The van der Waals surface area contributed by atoms with Gasteiger partial charge in [-0.15, -0.1) is 0 Å². The number of hydrogen-bond donors (Lipinski definition) is 1. The fourth-order valence-corrected chi connectivity index (χ4v) is 2.49. The minimum Gasteiger partial charge on any atom is -0.497 e. The number of ether oxygens (including phenoxy) is 1. The summed E-state index contributed by atoms with van der Waals surface area (Å²) in [5.41, 5.74) is 1.77. The summed E-state index contributed by atoms with van der Waals surface area (Å²) in [6.45, 7) is 0. The Balaban J connectivity index is 1.94. The maximum Gasteiger partial charge on any atom is 0.188 e. The summed E-state index contributed by atoms with van der Waals surface area (Å²) in [7, 11) is 1.66. The Morgan fingerprint density at radius 2 is 2.06 bits per heavy atom. The van der Waals surface area contributed by atoms with Gasteiger partial charge < -0.3 is 10.1 Å². The Labute approximate surface area is 107 Å². The third-order valence-corrected chi connectivity index (χ3v) is 3.34. The zero-order valence-corrected chi connectivity index (χ0v) is 10.4. The Hall–Kier alpha value is -2.21. The van der Waals surface area contributed by atoms with Crippen molar-refractivity contribution in [3.05, 3.63) is 36.9 Å². The van der Waals surface area contributed by atoms with Gasteiger partial charge in [0.25, 0.3) is 0 Å². The van der Waals surface area contributed by atoms with Crippen molar-refractivity contribution < 1.29 is 4.74 Å². The SMILES string of the molecule is COc1ccc2nc(Nc3cncnc3)sc2c1. The number of fused-ring (bicyclic) bond motifs is 1. The first-order chi connectivity index (χ1) is 8.85. The van der Waals surface area contributed by atoms with Gasteiger partial charge in [0.15, 0.2) is 5.13 Å². The highest BCUT2D eigenvalue weighted by atomic mass is 32.1. The fourth-order valence-electron chi connectivity index (χ4n) is 1.57. The number of nitrogens with zero attached hydrogens (tertiary/aromatic N) is 3. The van der Waals surface area contributed by atoms with Crippen LogP contribution in [0, 0.1) is 0 Å². The molecule has 2 heterocycles. The first-order valence-corrected chi connectivity index (χ1v) is 6.13. The summed E-state index contributed by atoms with van der Waals surface area (Å²) >= 11 is 1.56. The number of hydrogen-bond acceptors (Lipinski definition) is 6. The Morgan fingerprint density at radius 3 is 2.83 bits per heavy atom. The highest BCUT2D eigenvalue weighted by molar-refractivity contribution is 7.22. The van der Waals surface area contributed by atoms with Gasteiger partial charge in [-0.05, 0) is 18.2 Å². The molecule has 6 heteroatoms. The number of methoxy groups -OCH3 is 1. The van der Waals surface area contributed by atoms with Crippen LogP contribution in [0.25, 0.3) is 10.2 Å². The van der Waals surface area contributed by atoms with Gasteiger partial charge in [-0.25, -0.2) is 15.0 Å². The van der Waals surface area contributed by atoms with Crippen molar-refractivity contribution >= 4 is 32.4 Å². The molecule has 90 valence electrons. The van der Waals surface area contributed by atoms with Crippen molar-refractivity contribution in [2.75, 3.05) is 12.4 Å². The second-order valence-corrected chi connectivity index (χ2v) is 4.64. The van der Waals surface area contributed by atoms with Crippen LogP contribution < -0.4 is 10.1 Å². The molecule has 5 nitrogen and oxygen atoms in total. The van der Waals surface area contributed by atoms with E-state index in [2.05, 4.69) is 20.3 Å². The smallest absolute Gasteiger partial charge is 0.188 e. The van der Waals surface area contributed by atoms with Crippen LogP contribution in [0.4, 0.5) is 10.8 Å². The number of benzene rings is 1. The van der Waals surface area contributed by atoms with Crippen molar-refractivity contribution in [1.29, 1.82) is 0 Å². The fraction of sp³-hybridized carbons (Fsp3) is 0.0833. The standard InChI is InChI=1S/C12H10N4OS/c1-17-9-2-3-10-11(4-9)18-12(16-10)15-8-5-13-7-14-6-8/h2-7H,1H3,(H,15,16). The molecule has 0 bridgehead atoms. The number of aromatic nitrogens is 3. The van der Waals surface area contributed by atoms with Gasteiger partial charge in [-0.3, -0.25) is 0 Å². The summed E-state index contributed by atoms with van der Waals surface area (Å²) in [6.07, 6.45) is 4.91. The lowest BCUT2D eigenvalue weighted by Gasteiger charge is -1.98. The van der Waals surface area contributed by atoms with Crippen LogP contribution in [0.15, 0.2) is 36.9 Å². The molecule has 0 saturated carbocycles. The van der Waals surface area contributed by atoms with Gasteiger partial charge in [0, 0.05) is 0 Å². The predicted molar refractivity (Wildman–Crippen MR) is 71.5 cm³/mol. The highest BCUT2D eigenvalue weighted by Gasteiger charge is 2.05. The van der Waals surface area contributed by atoms with E-state index in [-0.39, 0.29) is 0 Å². The maximum atomic E-state index is 5.19. The molecule has 3 aromatic rings. The quantitative estimate of drug-likeness (QED) is 0.782. The average Bonchev–Trinajstić information content (AvgIpc) is 2.80. The summed E-state index contributed by atoms with van der Waals surface area (Å²) in [4.78, 5) is 12.4. The largest absolute Gasteiger partial charge is 0.497 e. The van der Waals surface area contributed by atoms with Crippen molar-refractivity contribution in [1.82, 2.24) is 15.0 Å². The molecule has 2 aromatic heterocycles. The molecule has 0 saturated heterocycles. The second-order valence-electron chi connectivity index (χ2n) is 3.60. The van der Waals surface area contributed by atoms with Crippen LogP contribution in [0.1, 0.15) is 0 Å². The molecule has 0 aliphatic rings. The van der Waals surface area contributed by atoms with E-state index in [0.29, 0.717) is 0 Å². The lowest BCUT2D eigenvalue weighted by Crippen LogP contribution is -1.90. The highest BCUT2D eigenvalue weighted by Crippen LogP contribution is 2.30. The van der Waals surface area contributed by atoms with Crippen LogP contribution in [-0.4, -0.2) is 22.1 Å². The second kappa shape index (κ2) is 4.58. The molecule has 0 spiro atoms. The Bertz CT molecular complexity index is 668. The van der Waals surface area contributed by atoms with E-state index < -0.39 is 0 Å². The van der Waals surface area contributed by atoms with Crippen molar-refractivity contribution in [2.24, 2.45) is 0 Å². The van der Waals surface area contributed by atoms with Crippen LogP contribution in [-0.2, 0) is 0 Å². The molecule has 0 fully saturated rings. The van der Waals surface area contributed by atoms with E-state index in [1.54, 1.807) is 30.8 Å². The average molecular weight is 258 g/mol. The maximum absolute atomic E-state index is 5.19. The molecular weight excluding hydrogens is 248 g/mol. The van der Waals surface area contributed by atoms with E-state index in [1.165, 1.54) is 6.33 Å². The molecule has 0 aliphatic carbocycles. The van der Waals surface area contributed by atoms with E-state index >= 15 is 0 Å². The summed E-state index contributed by atoms with van der Waals surface area (Å²) in [5.74, 6) is 0.834. The minimum absolute atomic E-state index is 0.813. The predicted octanol–water partition coefficient (Wildman–Crippen LogP) is 2.84. The van der Waals surface area contributed by atoms with Crippen LogP contribution in [0.3, 0.4) is 0 Å².